The third kappa shape index (κ3) is 3.03. The zero-order valence-electron chi connectivity index (χ0n) is 11.9. The molecule has 0 aromatic heterocycles. The largest absolute Gasteiger partial charge is 0.493 e. The van der Waals surface area contributed by atoms with Crippen LogP contribution in [0.15, 0.2) is 42.5 Å². The summed E-state index contributed by atoms with van der Waals surface area (Å²) in [7, 11) is 3.18. The number of nitrogens with two attached hydrogens (primary N) is 1. The Morgan fingerprint density at radius 2 is 1.55 bits per heavy atom. The fourth-order valence-electron chi connectivity index (χ4n) is 1.90. The van der Waals surface area contributed by atoms with E-state index in [2.05, 4.69) is 0 Å². The third-order valence-electron chi connectivity index (χ3n) is 3.00. The molecule has 1 unspecified atom stereocenters. The molecule has 0 radical (unpaired) electrons. The van der Waals surface area contributed by atoms with Crippen LogP contribution in [0.25, 0.3) is 0 Å². The molecule has 0 fully saturated rings. The molecule has 4 nitrogen and oxygen atoms in total. The van der Waals surface area contributed by atoms with Crippen LogP contribution < -0.4 is 19.9 Å². The van der Waals surface area contributed by atoms with Crippen molar-refractivity contribution in [3.8, 4) is 23.0 Å². The molecule has 0 aliphatic carbocycles. The number of ether oxygens (including phenoxy) is 3. The number of hydrogen-bond donors (Lipinski definition) is 1. The van der Waals surface area contributed by atoms with Crippen molar-refractivity contribution in [2.45, 2.75) is 13.0 Å². The van der Waals surface area contributed by atoms with E-state index in [1.807, 2.05) is 49.4 Å². The van der Waals surface area contributed by atoms with Crippen molar-refractivity contribution in [2.75, 3.05) is 14.2 Å². The van der Waals surface area contributed by atoms with Gasteiger partial charge in [0.2, 0.25) is 5.75 Å². The van der Waals surface area contributed by atoms with Crippen molar-refractivity contribution in [3.05, 3.63) is 48.0 Å². The average Bonchev–Trinajstić information content (AvgIpc) is 2.47. The summed E-state index contributed by atoms with van der Waals surface area (Å²) < 4.78 is 16.4. The predicted octanol–water partition coefficient (Wildman–Crippen LogP) is 3.52. The summed E-state index contributed by atoms with van der Waals surface area (Å²) >= 11 is 0. The monoisotopic (exact) mass is 273 g/mol. The van der Waals surface area contributed by atoms with Crippen LogP contribution in [0.5, 0.6) is 23.0 Å². The van der Waals surface area contributed by atoms with Crippen molar-refractivity contribution in [1.29, 1.82) is 0 Å². The van der Waals surface area contributed by atoms with Crippen LogP contribution in [0.3, 0.4) is 0 Å². The lowest BCUT2D eigenvalue weighted by Crippen LogP contribution is -2.04. The van der Waals surface area contributed by atoms with Gasteiger partial charge in [-0.15, -0.1) is 0 Å². The predicted molar refractivity (Wildman–Crippen MR) is 78.7 cm³/mol. The molecular weight excluding hydrogens is 254 g/mol. The zero-order chi connectivity index (χ0) is 14.5. The lowest BCUT2D eigenvalue weighted by molar-refractivity contribution is 0.336. The highest BCUT2D eigenvalue weighted by Gasteiger charge is 2.11. The van der Waals surface area contributed by atoms with Gasteiger partial charge < -0.3 is 19.9 Å². The Labute approximate surface area is 119 Å². The highest BCUT2D eigenvalue weighted by Crippen LogP contribution is 2.39. The minimum absolute atomic E-state index is 0.00963. The van der Waals surface area contributed by atoms with Crippen LogP contribution in [0, 0.1) is 0 Å². The molecule has 0 bridgehead atoms. The third-order valence-corrected chi connectivity index (χ3v) is 3.00. The van der Waals surface area contributed by atoms with E-state index in [0.29, 0.717) is 17.2 Å². The maximum atomic E-state index is 5.83. The number of para-hydroxylation sites is 1. The summed E-state index contributed by atoms with van der Waals surface area (Å²) in [6.45, 7) is 1.95. The van der Waals surface area contributed by atoms with Gasteiger partial charge in [0.15, 0.2) is 11.5 Å². The second-order valence-electron chi connectivity index (χ2n) is 4.45. The van der Waals surface area contributed by atoms with Gasteiger partial charge >= 0.3 is 0 Å². The lowest BCUT2D eigenvalue weighted by atomic mass is 10.1. The first kappa shape index (κ1) is 14.2. The summed E-state index contributed by atoms with van der Waals surface area (Å²) in [5.41, 5.74) is 6.89. The Balaban J connectivity index is 2.25. The van der Waals surface area contributed by atoms with Crippen LogP contribution in [-0.2, 0) is 0 Å². The van der Waals surface area contributed by atoms with E-state index in [4.69, 9.17) is 19.9 Å². The van der Waals surface area contributed by atoms with Gasteiger partial charge in [-0.1, -0.05) is 18.2 Å². The van der Waals surface area contributed by atoms with Gasteiger partial charge in [0.1, 0.15) is 5.75 Å². The van der Waals surface area contributed by atoms with Gasteiger partial charge in [0, 0.05) is 6.04 Å². The van der Waals surface area contributed by atoms with E-state index in [1.165, 1.54) is 0 Å². The molecule has 2 rings (SSSR count). The van der Waals surface area contributed by atoms with Gasteiger partial charge in [-0.2, -0.15) is 0 Å². The second kappa shape index (κ2) is 6.30. The van der Waals surface area contributed by atoms with Crippen LogP contribution in [0.4, 0.5) is 0 Å². The molecule has 0 saturated carbocycles. The zero-order valence-corrected chi connectivity index (χ0v) is 11.9. The number of benzene rings is 2. The minimum atomic E-state index is 0.00963. The molecule has 20 heavy (non-hydrogen) atoms. The van der Waals surface area contributed by atoms with Crippen molar-refractivity contribution in [1.82, 2.24) is 0 Å². The van der Waals surface area contributed by atoms with Gasteiger partial charge in [-0.25, -0.2) is 0 Å². The molecule has 0 saturated heterocycles. The molecule has 0 amide bonds. The average molecular weight is 273 g/mol. The topological polar surface area (TPSA) is 53.7 Å². The highest BCUT2D eigenvalue weighted by atomic mass is 16.5. The summed E-state index contributed by atoms with van der Waals surface area (Å²) in [4.78, 5) is 0. The maximum absolute atomic E-state index is 5.83. The number of rotatable bonds is 5. The number of methoxy groups -OCH3 is 2. The quantitative estimate of drug-likeness (QED) is 0.905. The second-order valence-corrected chi connectivity index (χ2v) is 4.45. The van der Waals surface area contributed by atoms with Crippen molar-refractivity contribution in [3.63, 3.8) is 0 Å². The Morgan fingerprint density at radius 3 is 2.10 bits per heavy atom. The first-order valence-electron chi connectivity index (χ1n) is 6.40. The Morgan fingerprint density at radius 1 is 0.900 bits per heavy atom. The number of hydrogen-bond acceptors (Lipinski definition) is 4. The standard InChI is InChI=1S/C16H19NO3/c1-11(17)12-7-9-13(10-8-12)20-15-6-4-5-14(18-2)16(15)19-3/h4-11H,17H2,1-3H3. The highest BCUT2D eigenvalue weighted by molar-refractivity contribution is 5.52. The van der Waals surface area contributed by atoms with Gasteiger partial charge in [-0.05, 0) is 36.8 Å². The van der Waals surface area contributed by atoms with Crippen molar-refractivity contribution in [2.24, 2.45) is 5.73 Å². The molecule has 2 aromatic carbocycles. The molecule has 0 aliphatic heterocycles. The first-order chi connectivity index (χ1) is 9.65. The normalized spacial score (nSPS) is 11.8. The summed E-state index contributed by atoms with van der Waals surface area (Å²) in [6.07, 6.45) is 0. The molecular formula is C16H19NO3. The fraction of sp³-hybridized carbons (Fsp3) is 0.250. The van der Waals surface area contributed by atoms with E-state index in [0.717, 1.165) is 11.3 Å². The van der Waals surface area contributed by atoms with Gasteiger partial charge in [-0.3, -0.25) is 0 Å². The molecule has 2 N–H and O–H groups in total. The smallest absolute Gasteiger partial charge is 0.203 e. The Kier molecular flexibility index (Phi) is 4.48. The molecule has 4 heteroatoms. The van der Waals surface area contributed by atoms with E-state index in [1.54, 1.807) is 14.2 Å². The summed E-state index contributed by atoms with van der Waals surface area (Å²) in [5, 5.41) is 0. The molecule has 106 valence electrons. The molecule has 0 heterocycles. The van der Waals surface area contributed by atoms with E-state index < -0.39 is 0 Å². The van der Waals surface area contributed by atoms with Gasteiger partial charge in [0.05, 0.1) is 14.2 Å². The van der Waals surface area contributed by atoms with E-state index in [9.17, 15) is 0 Å². The van der Waals surface area contributed by atoms with Crippen LogP contribution in [0.1, 0.15) is 18.5 Å². The molecule has 0 aliphatic rings. The molecule has 0 spiro atoms. The van der Waals surface area contributed by atoms with Crippen molar-refractivity contribution < 1.29 is 14.2 Å². The molecule has 2 aromatic rings. The summed E-state index contributed by atoms with van der Waals surface area (Å²) in [6, 6.07) is 13.2. The Bertz CT molecular complexity index is 564. The summed E-state index contributed by atoms with van der Waals surface area (Å²) in [5.74, 6) is 2.55. The SMILES string of the molecule is COc1cccc(Oc2ccc(C(C)N)cc2)c1OC. The lowest BCUT2D eigenvalue weighted by Gasteiger charge is -2.13. The van der Waals surface area contributed by atoms with Crippen LogP contribution in [0.2, 0.25) is 0 Å². The van der Waals surface area contributed by atoms with Crippen molar-refractivity contribution >= 4 is 0 Å². The Hall–Kier alpha value is -2.20. The molecule has 1 atom stereocenters. The first-order valence-corrected chi connectivity index (χ1v) is 6.40. The van der Waals surface area contributed by atoms with E-state index >= 15 is 0 Å². The van der Waals surface area contributed by atoms with Crippen LogP contribution in [-0.4, -0.2) is 14.2 Å². The fourth-order valence-corrected chi connectivity index (χ4v) is 1.90. The maximum Gasteiger partial charge on any atom is 0.203 e. The van der Waals surface area contributed by atoms with E-state index in [-0.39, 0.29) is 6.04 Å². The van der Waals surface area contributed by atoms with Gasteiger partial charge in [0.25, 0.3) is 0 Å². The van der Waals surface area contributed by atoms with Crippen LogP contribution >= 0.6 is 0 Å². The minimum Gasteiger partial charge on any atom is -0.493 e.